The first-order chi connectivity index (χ1) is 17.2. The molecule has 0 saturated heterocycles. The number of benzene rings is 2. The summed E-state index contributed by atoms with van der Waals surface area (Å²) in [4.78, 5) is 49.0. The van der Waals surface area contributed by atoms with E-state index in [0.717, 1.165) is 0 Å². The molecule has 0 bridgehead atoms. The number of hydrogen-bond donors (Lipinski definition) is 5. The van der Waals surface area contributed by atoms with E-state index in [2.05, 4.69) is 20.3 Å². The van der Waals surface area contributed by atoms with Crippen LogP contribution >= 0.6 is 0 Å². The third kappa shape index (κ3) is 4.78. The Labute approximate surface area is 205 Å². The molecule has 2 aromatic carbocycles. The van der Waals surface area contributed by atoms with E-state index in [-0.39, 0.29) is 52.4 Å². The first-order valence-corrected chi connectivity index (χ1v) is 11.6. The van der Waals surface area contributed by atoms with E-state index >= 15 is 0 Å². The van der Waals surface area contributed by atoms with Crippen LogP contribution < -0.4 is 16.6 Å². The van der Waals surface area contributed by atoms with Crippen LogP contribution in [0.4, 0.5) is 10.1 Å². The van der Waals surface area contributed by atoms with Crippen LogP contribution in [0.25, 0.3) is 33.3 Å². The van der Waals surface area contributed by atoms with E-state index in [1.54, 1.807) is 29.2 Å². The zero-order valence-electron chi connectivity index (χ0n) is 19.9. The molecule has 0 radical (unpaired) electrons. The van der Waals surface area contributed by atoms with Crippen molar-refractivity contribution in [3.8, 4) is 11.4 Å². The number of rotatable bonds is 8. The zero-order chi connectivity index (χ0) is 26.0. The van der Waals surface area contributed by atoms with Crippen molar-refractivity contribution in [3.63, 3.8) is 0 Å². The van der Waals surface area contributed by atoms with Gasteiger partial charge in [-0.2, -0.15) is 0 Å². The van der Waals surface area contributed by atoms with E-state index in [0.29, 0.717) is 24.1 Å². The molecule has 4 aromatic rings. The van der Waals surface area contributed by atoms with E-state index in [9.17, 15) is 23.9 Å². The van der Waals surface area contributed by atoms with Crippen LogP contribution in [0.5, 0.6) is 0 Å². The minimum Gasteiger partial charge on any atom is -0.397 e. The molecule has 2 aromatic heterocycles. The summed E-state index contributed by atoms with van der Waals surface area (Å²) < 4.78 is 14.4. The molecule has 1 atom stereocenters. The predicted octanol–water partition coefficient (Wildman–Crippen LogP) is 2.14. The zero-order valence-corrected chi connectivity index (χ0v) is 19.9. The normalized spacial score (nSPS) is 12.1. The molecule has 0 aliphatic rings. The number of nitrogen functional groups attached to an aromatic ring is 1. The number of carbonyl (C=O) groups excluding carboxylic acids is 2. The van der Waals surface area contributed by atoms with Crippen molar-refractivity contribution >= 4 is 39.4 Å². The number of anilines is 1. The summed E-state index contributed by atoms with van der Waals surface area (Å²) in [6.45, 7) is 4.72. The summed E-state index contributed by atoms with van der Waals surface area (Å²) in [5, 5.41) is 12.9. The monoisotopic (exact) mass is 494 g/mol. The molecule has 4 rings (SSSR count). The fourth-order valence-corrected chi connectivity index (χ4v) is 4.13. The van der Waals surface area contributed by atoms with Gasteiger partial charge in [-0.25, -0.2) is 9.37 Å². The lowest BCUT2D eigenvalue weighted by Gasteiger charge is -2.20. The van der Waals surface area contributed by atoms with Crippen molar-refractivity contribution in [2.24, 2.45) is 0 Å². The second-order valence-corrected chi connectivity index (χ2v) is 8.36. The number of nitrogens with one attached hydrogen (secondary N) is 3. The number of aromatic amines is 2. The number of carbonyl (C=O) groups is 2. The highest BCUT2D eigenvalue weighted by molar-refractivity contribution is 6.00. The summed E-state index contributed by atoms with van der Waals surface area (Å²) in [6.07, 6.45) is -1.11. The third-order valence-electron chi connectivity index (χ3n) is 6.03. The van der Waals surface area contributed by atoms with Gasteiger partial charge in [0.25, 0.3) is 11.5 Å². The topological polar surface area (TPSA) is 157 Å². The van der Waals surface area contributed by atoms with Crippen LogP contribution in [0.1, 0.15) is 30.6 Å². The Kier molecular flexibility index (Phi) is 7.02. The van der Waals surface area contributed by atoms with Crippen molar-refractivity contribution in [2.45, 2.75) is 26.4 Å². The highest BCUT2D eigenvalue weighted by Crippen LogP contribution is 2.30. The molecule has 2 heterocycles. The average Bonchev–Trinajstić information content (AvgIpc) is 3.25. The lowest BCUT2D eigenvalue weighted by Crippen LogP contribution is -2.38. The van der Waals surface area contributed by atoms with Crippen molar-refractivity contribution in [1.82, 2.24) is 25.2 Å². The van der Waals surface area contributed by atoms with Gasteiger partial charge in [-0.1, -0.05) is 6.07 Å². The minimum atomic E-state index is -1.02. The van der Waals surface area contributed by atoms with Crippen LogP contribution in [0.3, 0.4) is 0 Å². The van der Waals surface area contributed by atoms with Crippen molar-refractivity contribution in [3.05, 3.63) is 58.1 Å². The first-order valence-electron chi connectivity index (χ1n) is 11.6. The van der Waals surface area contributed by atoms with Gasteiger partial charge in [0.2, 0.25) is 5.91 Å². The molecule has 2 amide bonds. The Bertz CT molecular complexity index is 1510. The SMILES string of the molecule is CCN(CC)C(=O)CC(O)CNC(=O)c1ccc2nc(-c3c(N)c4c(F)cccc4[nH]c3=O)[nH]c2c1. The number of aliphatic hydroxyl groups excluding tert-OH is 1. The van der Waals surface area contributed by atoms with Crippen LogP contribution in [-0.2, 0) is 4.79 Å². The van der Waals surface area contributed by atoms with Gasteiger partial charge >= 0.3 is 0 Å². The number of imidazole rings is 1. The highest BCUT2D eigenvalue weighted by atomic mass is 19.1. The molecule has 0 spiro atoms. The number of pyridine rings is 1. The van der Waals surface area contributed by atoms with Gasteiger partial charge in [0, 0.05) is 25.2 Å². The summed E-state index contributed by atoms with van der Waals surface area (Å²) in [7, 11) is 0. The number of halogens is 1. The molecule has 188 valence electrons. The van der Waals surface area contributed by atoms with Crippen molar-refractivity contribution < 1.29 is 19.1 Å². The third-order valence-corrected chi connectivity index (χ3v) is 6.03. The summed E-state index contributed by atoms with van der Waals surface area (Å²) >= 11 is 0. The van der Waals surface area contributed by atoms with E-state index < -0.39 is 23.4 Å². The van der Waals surface area contributed by atoms with Gasteiger partial charge in [-0.05, 0) is 44.2 Å². The summed E-state index contributed by atoms with van der Waals surface area (Å²) in [5.41, 5.74) is 7.07. The lowest BCUT2D eigenvalue weighted by atomic mass is 10.1. The van der Waals surface area contributed by atoms with Gasteiger partial charge in [0.1, 0.15) is 17.2 Å². The van der Waals surface area contributed by atoms with Gasteiger partial charge in [0.05, 0.1) is 40.1 Å². The molecular formula is C25H27FN6O4. The van der Waals surface area contributed by atoms with E-state index in [1.165, 1.54) is 12.1 Å². The van der Waals surface area contributed by atoms with Crippen molar-refractivity contribution in [1.29, 1.82) is 0 Å². The second-order valence-electron chi connectivity index (χ2n) is 8.36. The summed E-state index contributed by atoms with van der Waals surface area (Å²) in [5.74, 6) is -1.07. The maximum Gasteiger partial charge on any atom is 0.261 e. The first kappa shape index (κ1) is 24.9. The van der Waals surface area contributed by atoms with Crippen LogP contribution in [0.15, 0.2) is 41.2 Å². The summed E-state index contributed by atoms with van der Waals surface area (Å²) in [6, 6.07) is 8.96. The Morgan fingerprint density at radius 3 is 2.64 bits per heavy atom. The molecule has 0 aliphatic heterocycles. The van der Waals surface area contributed by atoms with Crippen LogP contribution in [-0.4, -0.2) is 62.5 Å². The number of hydrogen-bond acceptors (Lipinski definition) is 6. The maximum absolute atomic E-state index is 14.4. The number of fused-ring (bicyclic) bond motifs is 2. The molecule has 11 heteroatoms. The largest absolute Gasteiger partial charge is 0.397 e. The van der Waals surface area contributed by atoms with Gasteiger partial charge in [-0.15, -0.1) is 0 Å². The lowest BCUT2D eigenvalue weighted by molar-refractivity contribution is -0.132. The highest BCUT2D eigenvalue weighted by Gasteiger charge is 2.19. The number of H-pyrrole nitrogens is 2. The smallest absolute Gasteiger partial charge is 0.261 e. The number of nitrogens with two attached hydrogens (primary N) is 1. The molecule has 0 fully saturated rings. The molecule has 0 aliphatic carbocycles. The van der Waals surface area contributed by atoms with Crippen molar-refractivity contribution in [2.75, 3.05) is 25.4 Å². The fourth-order valence-electron chi connectivity index (χ4n) is 4.13. The van der Waals surface area contributed by atoms with E-state index in [1.807, 2.05) is 13.8 Å². The number of aliphatic hydroxyl groups is 1. The Balaban J connectivity index is 1.54. The van der Waals surface area contributed by atoms with Crippen LogP contribution in [0.2, 0.25) is 0 Å². The minimum absolute atomic E-state index is 0.00390. The molecule has 0 saturated carbocycles. The maximum atomic E-state index is 14.4. The Morgan fingerprint density at radius 2 is 1.92 bits per heavy atom. The number of amides is 2. The Morgan fingerprint density at radius 1 is 1.17 bits per heavy atom. The molecule has 1 unspecified atom stereocenters. The van der Waals surface area contributed by atoms with E-state index in [4.69, 9.17) is 5.73 Å². The molecular weight excluding hydrogens is 467 g/mol. The Hall–Kier alpha value is -4.25. The molecule has 36 heavy (non-hydrogen) atoms. The van der Waals surface area contributed by atoms with Gasteiger partial charge in [-0.3, -0.25) is 14.4 Å². The van der Waals surface area contributed by atoms with Gasteiger partial charge in [0.15, 0.2) is 0 Å². The van der Waals surface area contributed by atoms with Gasteiger partial charge < -0.3 is 31.0 Å². The molecule has 10 nitrogen and oxygen atoms in total. The predicted molar refractivity (Wildman–Crippen MR) is 135 cm³/mol. The standard InChI is InChI=1S/C25H27FN6O4/c1-3-32(4-2)19(34)11-14(33)12-28-24(35)13-8-9-16-18(10-13)30-23(29-16)21-22(27)20-15(26)6-5-7-17(20)31-25(21)36/h5-10,14,33H,3-4,11-12H2,1-2H3,(H,28,35)(H,29,30)(H3,27,31,36). The quantitative estimate of drug-likeness (QED) is 0.253. The van der Waals surface area contributed by atoms with Crippen LogP contribution in [0, 0.1) is 5.82 Å². The second kappa shape index (κ2) is 10.2. The number of nitrogens with zero attached hydrogens (tertiary/aromatic N) is 2. The fraction of sp³-hybridized carbons (Fsp3) is 0.280. The molecule has 6 N–H and O–H groups in total. The number of aromatic nitrogens is 3. The average molecular weight is 495 g/mol.